The van der Waals surface area contributed by atoms with Crippen LogP contribution in [0.4, 0.5) is 13.2 Å². The first-order valence-electron chi connectivity index (χ1n) is 8.23. The quantitative estimate of drug-likeness (QED) is 0.735. The molecule has 1 heterocycles. The first-order valence-corrected chi connectivity index (χ1v) is 9.67. The van der Waals surface area contributed by atoms with Crippen LogP contribution in [0.1, 0.15) is 17.3 Å². The average Bonchev–Trinajstić information content (AvgIpc) is 2.61. The Balaban J connectivity index is 1.93. The lowest BCUT2D eigenvalue weighted by molar-refractivity contribution is -0.174. The van der Waals surface area contributed by atoms with E-state index in [2.05, 4.69) is 10.1 Å². The molecule has 1 aromatic carbocycles. The molecule has 11 heteroatoms. The van der Waals surface area contributed by atoms with Crippen LogP contribution in [0.25, 0.3) is 0 Å². The van der Waals surface area contributed by atoms with Gasteiger partial charge in [-0.3, -0.25) is 4.79 Å². The van der Waals surface area contributed by atoms with Crippen LogP contribution in [-0.4, -0.2) is 70.4 Å². The van der Waals surface area contributed by atoms with Crippen molar-refractivity contribution in [1.29, 1.82) is 0 Å². The highest BCUT2D eigenvalue weighted by atomic mass is 32.2. The number of amides is 1. The Kier molecular flexibility index (Phi) is 7.20. The highest BCUT2D eigenvalue weighted by Gasteiger charge is 2.28. The molecule has 1 aliphatic heterocycles. The summed E-state index contributed by atoms with van der Waals surface area (Å²) in [4.78, 5) is 12.2. The number of alkyl halides is 3. The van der Waals surface area contributed by atoms with E-state index in [-0.39, 0.29) is 30.2 Å². The van der Waals surface area contributed by atoms with Gasteiger partial charge in [0, 0.05) is 24.7 Å². The molecule has 0 bridgehead atoms. The zero-order valence-electron chi connectivity index (χ0n) is 14.7. The standard InChI is InChI=1S/C16H21F3N2O5S/c1-12(10-26-11-16(17,18)19)20-15(22)13-2-4-14(5-3-13)27(23,24)21-6-8-25-9-7-21/h2-5,12H,6-11H2,1H3,(H,20,22). The lowest BCUT2D eigenvalue weighted by atomic mass is 10.2. The van der Waals surface area contributed by atoms with E-state index < -0.39 is 34.8 Å². The SMILES string of the molecule is CC(COCC(F)(F)F)NC(=O)c1ccc(S(=O)(=O)N2CCOCC2)cc1. The van der Waals surface area contributed by atoms with Gasteiger partial charge < -0.3 is 14.8 Å². The first-order chi connectivity index (χ1) is 12.6. The minimum absolute atomic E-state index is 0.0579. The van der Waals surface area contributed by atoms with E-state index in [1.807, 2.05) is 0 Å². The van der Waals surface area contributed by atoms with Gasteiger partial charge in [0.25, 0.3) is 5.91 Å². The molecule has 1 atom stereocenters. The van der Waals surface area contributed by atoms with Crippen LogP contribution in [0.15, 0.2) is 29.2 Å². The molecule has 1 fully saturated rings. The third-order valence-electron chi connectivity index (χ3n) is 3.74. The number of hydrogen-bond donors (Lipinski definition) is 1. The summed E-state index contributed by atoms with van der Waals surface area (Å²) in [6.45, 7) is 1.00. The van der Waals surface area contributed by atoms with E-state index in [0.29, 0.717) is 13.2 Å². The van der Waals surface area contributed by atoms with E-state index in [1.165, 1.54) is 35.5 Å². The van der Waals surface area contributed by atoms with Crippen LogP contribution < -0.4 is 5.32 Å². The van der Waals surface area contributed by atoms with Crippen LogP contribution >= 0.6 is 0 Å². The zero-order valence-corrected chi connectivity index (χ0v) is 15.5. The van der Waals surface area contributed by atoms with Gasteiger partial charge in [-0.15, -0.1) is 0 Å². The van der Waals surface area contributed by atoms with Crippen LogP contribution in [0.5, 0.6) is 0 Å². The van der Waals surface area contributed by atoms with Crippen molar-refractivity contribution in [3.63, 3.8) is 0 Å². The van der Waals surface area contributed by atoms with Gasteiger partial charge in [0.05, 0.1) is 24.7 Å². The molecule has 0 aromatic heterocycles. The summed E-state index contributed by atoms with van der Waals surface area (Å²) in [5.74, 6) is -0.534. The van der Waals surface area contributed by atoms with Gasteiger partial charge in [-0.25, -0.2) is 8.42 Å². The minimum Gasteiger partial charge on any atom is -0.379 e. The number of morpholine rings is 1. The Hall–Kier alpha value is -1.69. The molecule has 7 nitrogen and oxygen atoms in total. The van der Waals surface area contributed by atoms with Gasteiger partial charge >= 0.3 is 6.18 Å². The Bertz CT molecular complexity index is 731. The molecule has 27 heavy (non-hydrogen) atoms. The molecule has 2 rings (SSSR count). The highest BCUT2D eigenvalue weighted by molar-refractivity contribution is 7.89. The van der Waals surface area contributed by atoms with Crippen LogP contribution in [0, 0.1) is 0 Å². The average molecular weight is 410 g/mol. The van der Waals surface area contributed by atoms with Crippen molar-refractivity contribution in [1.82, 2.24) is 9.62 Å². The molecular weight excluding hydrogens is 389 g/mol. The van der Waals surface area contributed by atoms with Crippen molar-refractivity contribution < 1.29 is 35.9 Å². The molecule has 0 saturated carbocycles. The summed E-state index contributed by atoms with van der Waals surface area (Å²) in [5.41, 5.74) is 0.193. The Morgan fingerprint density at radius 3 is 2.41 bits per heavy atom. The van der Waals surface area contributed by atoms with Crippen LogP contribution in [0.2, 0.25) is 0 Å². The second kappa shape index (κ2) is 9.00. The predicted molar refractivity (Wildman–Crippen MR) is 89.8 cm³/mol. The fraction of sp³-hybridized carbons (Fsp3) is 0.562. The molecule has 1 aliphatic rings. The maximum atomic E-state index is 12.5. The third-order valence-corrected chi connectivity index (χ3v) is 5.65. The largest absolute Gasteiger partial charge is 0.411 e. The number of hydrogen-bond acceptors (Lipinski definition) is 5. The van der Waals surface area contributed by atoms with Crippen molar-refractivity contribution in [2.45, 2.75) is 24.0 Å². The molecule has 1 unspecified atom stereocenters. The summed E-state index contributed by atoms with van der Waals surface area (Å²) >= 11 is 0. The van der Waals surface area contributed by atoms with Crippen molar-refractivity contribution in [2.75, 3.05) is 39.5 Å². The zero-order chi connectivity index (χ0) is 20.1. The third kappa shape index (κ3) is 6.45. The maximum Gasteiger partial charge on any atom is 0.411 e. The van der Waals surface area contributed by atoms with Crippen molar-refractivity contribution in [3.8, 4) is 0 Å². The van der Waals surface area contributed by atoms with Crippen molar-refractivity contribution >= 4 is 15.9 Å². The Morgan fingerprint density at radius 1 is 1.26 bits per heavy atom. The highest BCUT2D eigenvalue weighted by Crippen LogP contribution is 2.18. The van der Waals surface area contributed by atoms with E-state index in [9.17, 15) is 26.4 Å². The summed E-state index contributed by atoms with van der Waals surface area (Å²) in [5, 5.41) is 2.50. The summed E-state index contributed by atoms with van der Waals surface area (Å²) in [6.07, 6.45) is -4.43. The van der Waals surface area contributed by atoms with E-state index >= 15 is 0 Å². The number of benzene rings is 1. The Morgan fingerprint density at radius 2 is 1.85 bits per heavy atom. The van der Waals surface area contributed by atoms with Gasteiger partial charge in [0.1, 0.15) is 6.61 Å². The van der Waals surface area contributed by atoms with E-state index in [0.717, 1.165) is 0 Å². The number of carbonyl (C=O) groups is 1. The smallest absolute Gasteiger partial charge is 0.379 e. The number of rotatable bonds is 7. The van der Waals surface area contributed by atoms with Crippen molar-refractivity contribution in [3.05, 3.63) is 29.8 Å². The molecule has 1 amide bonds. The molecule has 1 N–H and O–H groups in total. The summed E-state index contributed by atoms with van der Waals surface area (Å²) in [7, 11) is -3.66. The monoisotopic (exact) mass is 410 g/mol. The summed E-state index contributed by atoms with van der Waals surface area (Å²) in [6, 6.07) is 4.71. The molecule has 1 aromatic rings. The van der Waals surface area contributed by atoms with Gasteiger partial charge in [0.2, 0.25) is 10.0 Å². The number of sulfonamides is 1. The molecular formula is C16H21F3N2O5S. The fourth-order valence-corrected chi connectivity index (χ4v) is 3.82. The fourth-order valence-electron chi connectivity index (χ4n) is 2.41. The Labute approximate surface area is 155 Å². The van der Waals surface area contributed by atoms with Crippen molar-refractivity contribution in [2.24, 2.45) is 0 Å². The van der Waals surface area contributed by atoms with Crippen LogP contribution in [-0.2, 0) is 19.5 Å². The lowest BCUT2D eigenvalue weighted by Crippen LogP contribution is -2.40. The molecule has 0 aliphatic carbocycles. The number of halogens is 3. The topological polar surface area (TPSA) is 84.9 Å². The normalized spacial score (nSPS) is 17.5. The van der Waals surface area contributed by atoms with E-state index in [1.54, 1.807) is 0 Å². The molecule has 1 saturated heterocycles. The second-order valence-corrected chi connectivity index (χ2v) is 7.98. The van der Waals surface area contributed by atoms with Crippen LogP contribution in [0.3, 0.4) is 0 Å². The van der Waals surface area contributed by atoms with Gasteiger partial charge in [-0.1, -0.05) is 0 Å². The summed E-state index contributed by atoms with van der Waals surface area (Å²) < 4.78 is 72.0. The maximum absolute atomic E-state index is 12.5. The second-order valence-electron chi connectivity index (χ2n) is 6.05. The van der Waals surface area contributed by atoms with Gasteiger partial charge in [-0.05, 0) is 31.2 Å². The van der Waals surface area contributed by atoms with E-state index in [4.69, 9.17) is 4.74 Å². The first kappa shape index (κ1) is 21.6. The number of ether oxygens (including phenoxy) is 2. The lowest BCUT2D eigenvalue weighted by Gasteiger charge is -2.26. The van der Waals surface area contributed by atoms with Gasteiger partial charge in [-0.2, -0.15) is 17.5 Å². The molecule has 0 spiro atoms. The number of carbonyl (C=O) groups excluding carboxylic acids is 1. The van der Waals surface area contributed by atoms with Gasteiger partial charge in [0.15, 0.2) is 0 Å². The molecule has 0 radical (unpaired) electrons. The predicted octanol–water partition coefficient (Wildman–Crippen LogP) is 1.40. The molecule has 152 valence electrons. The number of nitrogens with one attached hydrogen (secondary N) is 1. The number of nitrogens with zero attached hydrogens (tertiary/aromatic N) is 1. The minimum atomic E-state index is -4.43.